The lowest BCUT2D eigenvalue weighted by atomic mass is 10.2. The Bertz CT molecular complexity index is 917. The SMILES string of the molecule is CCN(CC)CCNC(=O)c1cc2occc2c(Nc2ccc(OC)cc2)n1. The minimum Gasteiger partial charge on any atom is -0.497 e. The number of furan rings is 1. The van der Waals surface area contributed by atoms with Crippen molar-refractivity contribution in [2.75, 3.05) is 38.6 Å². The predicted octanol–water partition coefficient (Wildman–Crippen LogP) is 3.65. The standard InChI is InChI=1S/C21H26N4O3/c1-4-25(5-2)12-11-22-21(26)18-14-19-17(10-13-28-19)20(24-18)23-15-6-8-16(27-3)9-7-15/h6-10,13-14H,4-5,11-12H2,1-3H3,(H,22,26)(H,23,24). The molecule has 0 aliphatic rings. The molecule has 0 unspecified atom stereocenters. The van der Waals surface area contributed by atoms with Gasteiger partial charge in [-0.15, -0.1) is 0 Å². The van der Waals surface area contributed by atoms with Crippen LogP contribution in [0.2, 0.25) is 0 Å². The molecule has 7 heteroatoms. The van der Waals surface area contributed by atoms with Crippen LogP contribution in [0.25, 0.3) is 11.0 Å². The van der Waals surface area contributed by atoms with Gasteiger partial charge in [0.15, 0.2) is 0 Å². The Balaban J connectivity index is 1.77. The number of ether oxygens (including phenoxy) is 1. The van der Waals surface area contributed by atoms with Gasteiger partial charge in [0.25, 0.3) is 5.91 Å². The van der Waals surface area contributed by atoms with Crippen LogP contribution in [-0.4, -0.2) is 49.1 Å². The number of amides is 1. The molecule has 2 N–H and O–H groups in total. The highest BCUT2D eigenvalue weighted by Gasteiger charge is 2.14. The van der Waals surface area contributed by atoms with Crippen LogP contribution >= 0.6 is 0 Å². The molecule has 0 fully saturated rings. The van der Waals surface area contributed by atoms with Crippen LogP contribution in [0.5, 0.6) is 5.75 Å². The first-order valence-corrected chi connectivity index (χ1v) is 9.44. The van der Waals surface area contributed by atoms with Crippen LogP contribution in [-0.2, 0) is 0 Å². The fourth-order valence-electron chi connectivity index (χ4n) is 2.95. The lowest BCUT2D eigenvalue weighted by molar-refractivity contribution is 0.0944. The zero-order chi connectivity index (χ0) is 19.9. The first-order valence-electron chi connectivity index (χ1n) is 9.44. The van der Waals surface area contributed by atoms with Crippen molar-refractivity contribution >= 4 is 28.4 Å². The van der Waals surface area contributed by atoms with Crippen LogP contribution in [0.4, 0.5) is 11.5 Å². The van der Waals surface area contributed by atoms with E-state index in [1.165, 1.54) is 0 Å². The van der Waals surface area contributed by atoms with E-state index >= 15 is 0 Å². The van der Waals surface area contributed by atoms with E-state index in [1.807, 2.05) is 30.3 Å². The molecule has 0 saturated carbocycles. The first-order chi connectivity index (χ1) is 13.6. The van der Waals surface area contributed by atoms with Gasteiger partial charge in [0.1, 0.15) is 22.8 Å². The summed E-state index contributed by atoms with van der Waals surface area (Å²) >= 11 is 0. The summed E-state index contributed by atoms with van der Waals surface area (Å²) in [6.07, 6.45) is 1.59. The van der Waals surface area contributed by atoms with E-state index in [4.69, 9.17) is 9.15 Å². The van der Waals surface area contributed by atoms with E-state index in [1.54, 1.807) is 19.4 Å². The molecule has 0 spiro atoms. The number of nitrogens with one attached hydrogen (secondary N) is 2. The van der Waals surface area contributed by atoms with E-state index < -0.39 is 0 Å². The number of benzene rings is 1. The molecule has 0 radical (unpaired) electrons. The fraction of sp³-hybridized carbons (Fsp3) is 0.333. The molecule has 0 bridgehead atoms. The van der Waals surface area contributed by atoms with Gasteiger partial charge in [-0.05, 0) is 43.4 Å². The molecule has 0 saturated heterocycles. The molecule has 148 valence electrons. The zero-order valence-electron chi connectivity index (χ0n) is 16.5. The van der Waals surface area contributed by atoms with Gasteiger partial charge in [-0.25, -0.2) is 4.98 Å². The summed E-state index contributed by atoms with van der Waals surface area (Å²) < 4.78 is 10.7. The molecular formula is C21H26N4O3. The highest BCUT2D eigenvalue weighted by atomic mass is 16.5. The number of fused-ring (bicyclic) bond motifs is 1. The molecular weight excluding hydrogens is 356 g/mol. The summed E-state index contributed by atoms with van der Waals surface area (Å²) in [6.45, 7) is 7.50. The molecule has 3 rings (SSSR count). The van der Waals surface area contributed by atoms with Crippen molar-refractivity contribution in [2.24, 2.45) is 0 Å². The lowest BCUT2D eigenvalue weighted by Gasteiger charge is -2.18. The van der Waals surface area contributed by atoms with Gasteiger partial charge in [0.2, 0.25) is 0 Å². The number of carbonyl (C=O) groups is 1. The van der Waals surface area contributed by atoms with Crippen molar-refractivity contribution in [3.05, 3.63) is 48.4 Å². The average Bonchev–Trinajstić information content (AvgIpc) is 3.20. The summed E-state index contributed by atoms with van der Waals surface area (Å²) in [7, 11) is 1.63. The largest absolute Gasteiger partial charge is 0.497 e. The average molecular weight is 382 g/mol. The van der Waals surface area contributed by atoms with Crippen LogP contribution in [0.1, 0.15) is 24.3 Å². The van der Waals surface area contributed by atoms with E-state index in [0.29, 0.717) is 23.6 Å². The maximum Gasteiger partial charge on any atom is 0.270 e. The number of pyridine rings is 1. The van der Waals surface area contributed by atoms with Gasteiger partial charge >= 0.3 is 0 Å². The highest BCUT2D eigenvalue weighted by molar-refractivity contribution is 5.99. The van der Waals surface area contributed by atoms with E-state index in [9.17, 15) is 4.79 Å². The van der Waals surface area contributed by atoms with Gasteiger partial charge in [-0.2, -0.15) is 0 Å². The van der Waals surface area contributed by atoms with Crippen LogP contribution in [0.15, 0.2) is 47.1 Å². The number of carbonyl (C=O) groups excluding carboxylic acids is 1. The second-order valence-corrected chi connectivity index (χ2v) is 6.32. The van der Waals surface area contributed by atoms with Crippen molar-refractivity contribution in [1.82, 2.24) is 15.2 Å². The van der Waals surface area contributed by atoms with Gasteiger partial charge in [-0.3, -0.25) is 4.79 Å². The maximum atomic E-state index is 12.6. The minimum atomic E-state index is -0.219. The summed E-state index contributed by atoms with van der Waals surface area (Å²) in [5.41, 5.74) is 1.77. The predicted molar refractivity (Wildman–Crippen MR) is 110 cm³/mol. The number of rotatable bonds is 9. The Hall–Kier alpha value is -3.06. The molecule has 0 aliphatic heterocycles. The van der Waals surface area contributed by atoms with E-state index in [-0.39, 0.29) is 5.91 Å². The Kier molecular flexibility index (Phi) is 6.49. The molecule has 1 aromatic carbocycles. The van der Waals surface area contributed by atoms with Gasteiger partial charge in [0, 0.05) is 24.8 Å². The fourth-order valence-corrected chi connectivity index (χ4v) is 2.95. The molecule has 3 aromatic rings. The monoisotopic (exact) mass is 382 g/mol. The van der Waals surface area contributed by atoms with Crippen LogP contribution in [0.3, 0.4) is 0 Å². The number of methoxy groups -OCH3 is 1. The Morgan fingerprint density at radius 1 is 1.18 bits per heavy atom. The van der Waals surface area contributed by atoms with E-state index in [0.717, 1.165) is 36.5 Å². The number of nitrogens with zero attached hydrogens (tertiary/aromatic N) is 2. The first kappa shape index (κ1) is 19.7. The second kappa shape index (κ2) is 9.23. The molecule has 0 atom stereocenters. The van der Waals surface area contributed by atoms with Gasteiger partial charge < -0.3 is 24.7 Å². The van der Waals surface area contributed by atoms with Crippen LogP contribution < -0.4 is 15.4 Å². The van der Waals surface area contributed by atoms with E-state index in [2.05, 4.69) is 34.4 Å². The van der Waals surface area contributed by atoms with Crippen molar-refractivity contribution in [1.29, 1.82) is 0 Å². The Labute approximate surface area is 164 Å². The molecule has 7 nitrogen and oxygen atoms in total. The molecule has 28 heavy (non-hydrogen) atoms. The summed E-state index contributed by atoms with van der Waals surface area (Å²) in [6, 6.07) is 11.0. The molecule has 2 aromatic heterocycles. The summed E-state index contributed by atoms with van der Waals surface area (Å²) in [4.78, 5) is 19.3. The topological polar surface area (TPSA) is 79.6 Å². The number of aromatic nitrogens is 1. The molecule has 2 heterocycles. The van der Waals surface area contributed by atoms with Crippen molar-refractivity contribution in [2.45, 2.75) is 13.8 Å². The zero-order valence-corrected chi connectivity index (χ0v) is 16.5. The third-order valence-electron chi connectivity index (χ3n) is 4.64. The molecule has 0 aliphatic carbocycles. The maximum absolute atomic E-state index is 12.6. The minimum absolute atomic E-state index is 0.219. The Morgan fingerprint density at radius 3 is 2.61 bits per heavy atom. The van der Waals surface area contributed by atoms with Crippen molar-refractivity contribution in [3.63, 3.8) is 0 Å². The van der Waals surface area contributed by atoms with Crippen LogP contribution in [0, 0.1) is 0 Å². The summed E-state index contributed by atoms with van der Waals surface area (Å²) in [5.74, 6) is 1.13. The van der Waals surface area contributed by atoms with Gasteiger partial charge in [-0.1, -0.05) is 13.8 Å². The quantitative estimate of drug-likeness (QED) is 0.588. The smallest absolute Gasteiger partial charge is 0.270 e. The third-order valence-corrected chi connectivity index (χ3v) is 4.64. The molecule has 1 amide bonds. The lowest BCUT2D eigenvalue weighted by Crippen LogP contribution is -2.35. The van der Waals surface area contributed by atoms with Crippen molar-refractivity contribution in [3.8, 4) is 5.75 Å². The summed E-state index contributed by atoms with van der Waals surface area (Å²) in [5, 5.41) is 7.00. The highest BCUT2D eigenvalue weighted by Crippen LogP contribution is 2.27. The number of hydrogen-bond donors (Lipinski definition) is 2. The second-order valence-electron chi connectivity index (χ2n) is 6.32. The number of anilines is 2. The number of hydrogen-bond acceptors (Lipinski definition) is 6. The number of likely N-dealkylation sites (N-methyl/N-ethyl adjacent to an activating group) is 1. The van der Waals surface area contributed by atoms with Gasteiger partial charge in [0.05, 0.1) is 18.8 Å². The third kappa shape index (κ3) is 4.61. The Morgan fingerprint density at radius 2 is 1.93 bits per heavy atom. The normalized spacial score (nSPS) is 11.0. The van der Waals surface area contributed by atoms with Crippen molar-refractivity contribution < 1.29 is 13.9 Å².